The summed E-state index contributed by atoms with van der Waals surface area (Å²) < 4.78 is 136. The maximum Gasteiger partial charge on any atom is 0.294 e. The maximum absolute atomic E-state index is 12.5. The molecule has 1 unspecified atom stereocenters. The van der Waals surface area contributed by atoms with Gasteiger partial charge in [0.25, 0.3) is 40.5 Å². The lowest BCUT2D eigenvalue weighted by molar-refractivity contribution is -0.438. The van der Waals surface area contributed by atoms with Crippen LogP contribution in [0.5, 0.6) is 0 Å². The zero-order valence-electron chi connectivity index (χ0n) is 38.4. The van der Waals surface area contributed by atoms with E-state index < -0.39 is 62.8 Å². The van der Waals surface area contributed by atoms with Crippen molar-refractivity contribution in [1.82, 2.24) is 5.32 Å². The van der Waals surface area contributed by atoms with Crippen LogP contribution in [0.15, 0.2) is 82.3 Å². The Hall–Kier alpha value is -4.29. The first-order valence-corrected chi connectivity index (χ1v) is 28.3. The molecule has 2 aliphatic heterocycles. The molecule has 2 aromatic rings. The van der Waals surface area contributed by atoms with Gasteiger partial charge in [0.2, 0.25) is 17.5 Å². The number of hydrogen-bond donors (Lipinski definition) is 6. The molecule has 2 aliphatic rings. The van der Waals surface area contributed by atoms with Crippen molar-refractivity contribution in [2.75, 3.05) is 36.0 Å². The molecule has 4 rings (SSSR count). The van der Waals surface area contributed by atoms with Crippen molar-refractivity contribution in [2.45, 2.75) is 133 Å². The Morgan fingerprint density at radius 1 is 0.750 bits per heavy atom. The van der Waals surface area contributed by atoms with Gasteiger partial charge < -0.3 is 16.0 Å². The fraction of sp³-hybridized carbons (Fsp3) is 0.543. The Morgan fingerprint density at radius 3 is 1.96 bits per heavy atom. The van der Waals surface area contributed by atoms with Gasteiger partial charge in [0.05, 0.1) is 26.7 Å². The van der Waals surface area contributed by atoms with Gasteiger partial charge in [-0.15, -0.1) is 0 Å². The van der Waals surface area contributed by atoms with Crippen LogP contribution in [0.3, 0.4) is 0 Å². The second-order valence-corrected chi connectivity index (χ2v) is 23.9. The monoisotopic (exact) mass is 1030 g/mol. The summed E-state index contributed by atoms with van der Waals surface area (Å²) >= 11 is 0. The fourth-order valence-corrected chi connectivity index (χ4v) is 10.8. The van der Waals surface area contributed by atoms with Crippen molar-refractivity contribution in [3.05, 3.63) is 83.6 Å². The minimum absolute atomic E-state index is 0. The van der Waals surface area contributed by atoms with E-state index in [1.165, 1.54) is 30.3 Å². The molecule has 0 radical (unpaired) electrons. The number of primary amides is 1. The highest BCUT2D eigenvalue weighted by Gasteiger charge is 2.45. The summed E-state index contributed by atoms with van der Waals surface area (Å²) in [4.78, 5) is 25.0. The SMILES string of the molecule is C.C[C@@H](CCCCNC(=O)CCCCC[N+]1=C(C=CC=CC=C2N(CCCCS(=O)(=O)O)c3ccc(S(=O)(=O)O)cc3C2(C)CCCCS(=O)(=O)O)C(C)(C)c2cc(S(=O)(=O)O)ccc21)C(N)=O. The van der Waals surface area contributed by atoms with Crippen LogP contribution in [-0.2, 0) is 60.9 Å². The third kappa shape index (κ3) is 16.1. The van der Waals surface area contributed by atoms with E-state index in [0.717, 1.165) is 30.7 Å². The smallest absolute Gasteiger partial charge is 0.294 e. The van der Waals surface area contributed by atoms with Crippen molar-refractivity contribution >= 4 is 69.4 Å². The van der Waals surface area contributed by atoms with Crippen LogP contribution in [-0.4, -0.2) is 105 Å². The molecule has 0 aliphatic carbocycles. The molecule has 22 heteroatoms. The summed E-state index contributed by atoms with van der Waals surface area (Å²) in [7, 11) is -17.6. The van der Waals surface area contributed by atoms with Crippen LogP contribution in [0.4, 0.5) is 11.4 Å². The molecular formula is C46H69N4O14S4+. The van der Waals surface area contributed by atoms with Crippen molar-refractivity contribution in [3.63, 3.8) is 0 Å². The van der Waals surface area contributed by atoms with E-state index in [9.17, 15) is 61.5 Å². The van der Waals surface area contributed by atoms with Crippen LogP contribution < -0.4 is 16.0 Å². The van der Waals surface area contributed by atoms with Gasteiger partial charge in [-0.1, -0.05) is 45.4 Å². The number of fused-ring (bicyclic) bond motifs is 2. The average molecular weight is 1030 g/mol. The van der Waals surface area contributed by atoms with E-state index in [1.54, 1.807) is 37.3 Å². The number of nitrogens with two attached hydrogens (primary N) is 1. The van der Waals surface area contributed by atoms with E-state index in [1.807, 2.05) is 31.7 Å². The number of carbonyl (C=O) groups excluding carboxylic acids is 2. The lowest BCUT2D eigenvalue weighted by Gasteiger charge is -2.30. The summed E-state index contributed by atoms with van der Waals surface area (Å²) in [6, 6.07) is 8.61. The van der Waals surface area contributed by atoms with Crippen LogP contribution in [0.25, 0.3) is 0 Å². The first kappa shape index (κ1) is 58.0. The quantitative estimate of drug-likeness (QED) is 0.0236. The largest absolute Gasteiger partial charge is 0.369 e. The molecule has 2 amide bonds. The van der Waals surface area contributed by atoms with E-state index in [2.05, 4.69) is 9.89 Å². The van der Waals surface area contributed by atoms with E-state index in [0.29, 0.717) is 74.1 Å². The summed E-state index contributed by atoms with van der Waals surface area (Å²) in [6.45, 7) is 8.79. The second kappa shape index (κ2) is 24.0. The number of anilines is 1. The summed E-state index contributed by atoms with van der Waals surface area (Å²) in [6.07, 6.45) is 14.7. The Balaban J connectivity index is 0.0000122. The van der Waals surface area contributed by atoms with E-state index in [-0.39, 0.29) is 60.8 Å². The number of amides is 2. The van der Waals surface area contributed by atoms with Crippen molar-refractivity contribution in [2.24, 2.45) is 11.7 Å². The van der Waals surface area contributed by atoms with Crippen molar-refractivity contribution in [3.8, 4) is 0 Å². The highest BCUT2D eigenvalue weighted by molar-refractivity contribution is 7.86. The number of hydrogen-bond acceptors (Lipinski definition) is 11. The number of carbonyl (C=O) groups is 2. The number of nitrogens with one attached hydrogen (secondary N) is 1. The normalized spacial score (nSPS) is 18.3. The molecule has 0 fully saturated rings. The minimum atomic E-state index is -4.63. The minimum Gasteiger partial charge on any atom is -0.369 e. The Morgan fingerprint density at radius 2 is 1.35 bits per heavy atom. The van der Waals surface area contributed by atoms with Gasteiger partial charge in [0.1, 0.15) is 6.54 Å². The molecule has 2 aromatic carbocycles. The van der Waals surface area contributed by atoms with Gasteiger partial charge in [-0.2, -0.15) is 38.2 Å². The molecular weight excluding hydrogens is 961 g/mol. The van der Waals surface area contributed by atoms with Gasteiger partial charge in [0.15, 0.2) is 5.71 Å². The zero-order valence-corrected chi connectivity index (χ0v) is 41.7. The predicted octanol–water partition coefficient (Wildman–Crippen LogP) is 6.66. The van der Waals surface area contributed by atoms with Gasteiger partial charge in [-0.25, -0.2) is 0 Å². The van der Waals surface area contributed by atoms with Crippen molar-refractivity contribution < 1.29 is 66.0 Å². The first-order chi connectivity index (χ1) is 31.1. The number of unbranched alkanes of at least 4 members (excludes halogenated alkanes) is 5. The van der Waals surface area contributed by atoms with Gasteiger partial charge >= 0.3 is 0 Å². The number of allylic oxidation sites excluding steroid dienone is 6. The topological polar surface area (TPSA) is 296 Å². The Labute approximate surface area is 402 Å². The van der Waals surface area contributed by atoms with Gasteiger partial charge in [-0.3, -0.25) is 27.8 Å². The molecule has 380 valence electrons. The number of rotatable bonds is 27. The zero-order chi connectivity index (χ0) is 50.0. The first-order valence-electron chi connectivity index (χ1n) is 22.2. The molecule has 68 heavy (non-hydrogen) atoms. The third-order valence-corrected chi connectivity index (χ3v) is 15.7. The molecule has 7 N–H and O–H groups in total. The number of benzene rings is 2. The van der Waals surface area contributed by atoms with Gasteiger partial charge in [0, 0.05) is 66.4 Å². The molecule has 18 nitrogen and oxygen atoms in total. The lowest BCUT2D eigenvalue weighted by Crippen LogP contribution is -2.29. The standard InChI is InChI=1S/C45H64N4O14S4.CH4/c1-33(43(46)51)17-10-12-26-47-42(50)20-9-6-13-27-48-38-23-21-34(66(58,59)60)31-36(38)44(2,3)40(48)18-7-5-8-19-41-45(4,25-11-15-29-64(52,53)54)37-32-35(67(61,62)63)22-24-39(37)49(41)28-14-16-30-65(55,56)57;/h5,7-8,18-19,21-24,31-33H,6,9-17,20,25-30H2,1-4H3,(H6-,46,47,50,51,52,53,54,55,56,57,58,59,60,61,62,63);1H4/p+1/t33-,45?;/m0./s1. The third-order valence-electron chi connectivity index (χ3n) is 12.4. The molecule has 0 saturated heterocycles. The van der Waals surface area contributed by atoms with Crippen LogP contribution in [0, 0.1) is 5.92 Å². The predicted molar refractivity (Wildman–Crippen MR) is 263 cm³/mol. The van der Waals surface area contributed by atoms with Gasteiger partial charge in [-0.05, 0) is 114 Å². The molecule has 0 bridgehead atoms. The second-order valence-electron chi connectivity index (χ2n) is 17.9. The van der Waals surface area contributed by atoms with Crippen molar-refractivity contribution in [1.29, 1.82) is 0 Å². The van der Waals surface area contributed by atoms with Crippen LogP contribution >= 0.6 is 0 Å². The van der Waals surface area contributed by atoms with Crippen LogP contribution in [0.2, 0.25) is 0 Å². The highest BCUT2D eigenvalue weighted by atomic mass is 32.2. The summed E-state index contributed by atoms with van der Waals surface area (Å²) in [5.41, 5.74) is 7.63. The maximum atomic E-state index is 12.5. The molecule has 0 aromatic heterocycles. The Kier molecular flexibility index (Phi) is 20.5. The number of nitrogens with zero attached hydrogens (tertiary/aromatic N) is 2. The van der Waals surface area contributed by atoms with E-state index >= 15 is 0 Å². The highest BCUT2D eigenvalue weighted by Crippen LogP contribution is 2.51. The Bertz CT molecular complexity index is 2730. The summed E-state index contributed by atoms with van der Waals surface area (Å²) in [5.74, 6) is -1.58. The van der Waals surface area contributed by atoms with Crippen LogP contribution in [0.1, 0.15) is 123 Å². The molecule has 0 saturated carbocycles. The average Bonchev–Trinajstić information content (AvgIpc) is 3.57. The fourth-order valence-electron chi connectivity index (χ4n) is 8.69. The molecule has 2 heterocycles. The molecule has 2 atom stereocenters. The summed E-state index contributed by atoms with van der Waals surface area (Å²) in [5, 5.41) is 2.92. The van der Waals surface area contributed by atoms with E-state index in [4.69, 9.17) is 5.73 Å². The molecule has 0 spiro atoms. The lowest BCUT2D eigenvalue weighted by atomic mass is 9.77.